The van der Waals surface area contributed by atoms with Gasteiger partial charge in [-0.15, -0.1) is 0 Å². The number of nitrogens with zero attached hydrogens (tertiary/aromatic N) is 6. The monoisotopic (exact) mass is 590 g/mol. The third-order valence-electron chi connectivity index (χ3n) is 7.33. The first kappa shape index (κ1) is 31.2. The largest absolute Gasteiger partial charge is 0.493 e. The third-order valence-corrected chi connectivity index (χ3v) is 7.33. The van der Waals surface area contributed by atoms with Crippen molar-refractivity contribution in [2.75, 3.05) is 37.7 Å². The van der Waals surface area contributed by atoms with Crippen molar-refractivity contribution in [2.24, 2.45) is 4.99 Å². The van der Waals surface area contributed by atoms with Gasteiger partial charge in [-0.2, -0.15) is 5.26 Å². The molecule has 13 nitrogen and oxygen atoms in total. The smallest absolute Gasteiger partial charge is 0.300 e. The molecule has 1 aromatic heterocycles. The zero-order valence-corrected chi connectivity index (χ0v) is 24.3. The Labute approximate surface area is 250 Å². The molecule has 0 bridgehead atoms. The van der Waals surface area contributed by atoms with Crippen molar-refractivity contribution in [2.45, 2.75) is 64.2 Å². The first-order valence-corrected chi connectivity index (χ1v) is 14.9. The number of hydrogen-bond donors (Lipinski definition) is 2. The highest BCUT2D eigenvalue weighted by Gasteiger charge is 2.19. The Morgan fingerprint density at radius 3 is 2.74 bits per heavy atom. The van der Waals surface area contributed by atoms with Crippen LogP contribution in [0.15, 0.2) is 46.0 Å². The molecule has 0 aliphatic carbocycles. The maximum Gasteiger partial charge on any atom is 0.300 e. The van der Waals surface area contributed by atoms with E-state index in [1.54, 1.807) is 6.07 Å². The number of Topliss-reactive ketones (excluding diaryl/α,β-unsaturated/α-hetero) is 1. The molecule has 2 aromatic carbocycles. The molecule has 1 saturated heterocycles. The van der Waals surface area contributed by atoms with Gasteiger partial charge >= 0.3 is 5.69 Å². The minimum atomic E-state index is -0.505. The number of piperidine rings is 1. The number of carbonyl (C=O) groups excluding carboxylic acids is 1. The van der Waals surface area contributed by atoms with E-state index in [0.29, 0.717) is 56.9 Å². The van der Waals surface area contributed by atoms with Gasteiger partial charge in [0.2, 0.25) is 11.5 Å². The molecule has 43 heavy (non-hydrogen) atoms. The zero-order valence-electron chi connectivity index (χ0n) is 24.3. The summed E-state index contributed by atoms with van der Waals surface area (Å²) in [4.78, 5) is 29.8. The van der Waals surface area contributed by atoms with E-state index in [9.17, 15) is 14.9 Å². The van der Waals surface area contributed by atoms with Crippen LogP contribution in [0.3, 0.4) is 0 Å². The number of carbonyl (C=O) groups is 1. The Hall–Kier alpha value is -4.73. The standard InChI is InChI=1S/C30H38N8O5/c31-22-34-30(32-16-8-20-42-26-12-7-10-24(21-26)37-18-5-2-6-19-37)33-17-15-25(39)11-4-1-3-9-23-13-14-27(38(40)41)29-28(23)35-43-36-29/h7,10,12-14,21H,1-6,8-9,11,15-20H2,(H2,32,33,34). The second-order valence-corrected chi connectivity index (χ2v) is 10.5. The van der Waals surface area contributed by atoms with Gasteiger partial charge in [0, 0.05) is 63.3 Å². The molecule has 0 spiro atoms. The summed E-state index contributed by atoms with van der Waals surface area (Å²) in [7, 11) is 0. The molecule has 4 rings (SSSR count). The fraction of sp³-hybridized carbons (Fsp3) is 0.500. The second-order valence-electron chi connectivity index (χ2n) is 10.5. The van der Waals surface area contributed by atoms with Gasteiger partial charge in [-0.1, -0.05) is 12.5 Å². The fourth-order valence-electron chi connectivity index (χ4n) is 5.07. The van der Waals surface area contributed by atoms with Crippen LogP contribution in [0, 0.1) is 21.6 Å². The van der Waals surface area contributed by atoms with Gasteiger partial charge in [0.25, 0.3) is 0 Å². The average Bonchev–Trinajstić information content (AvgIpc) is 3.51. The van der Waals surface area contributed by atoms with Gasteiger partial charge < -0.3 is 15.0 Å². The molecular formula is C30H38N8O5. The normalized spacial score (nSPS) is 13.5. The number of non-ortho nitro benzene ring substituents is 1. The molecule has 0 saturated carbocycles. The second kappa shape index (κ2) is 16.6. The first-order chi connectivity index (χ1) is 21.0. The van der Waals surface area contributed by atoms with E-state index >= 15 is 0 Å². The van der Waals surface area contributed by atoms with E-state index in [1.807, 2.05) is 18.3 Å². The van der Waals surface area contributed by atoms with Crippen LogP contribution in [0.5, 0.6) is 5.75 Å². The van der Waals surface area contributed by atoms with Crippen molar-refractivity contribution in [3.8, 4) is 11.9 Å². The highest BCUT2D eigenvalue weighted by Crippen LogP contribution is 2.27. The summed E-state index contributed by atoms with van der Waals surface area (Å²) in [5.74, 6) is 1.32. The lowest BCUT2D eigenvalue weighted by Crippen LogP contribution is -2.36. The first-order valence-electron chi connectivity index (χ1n) is 14.9. The van der Waals surface area contributed by atoms with Crippen molar-refractivity contribution >= 4 is 34.2 Å². The molecule has 1 fully saturated rings. The number of nitrogens with one attached hydrogen (secondary N) is 2. The lowest BCUT2D eigenvalue weighted by Gasteiger charge is -2.29. The summed E-state index contributed by atoms with van der Waals surface area (Å²) in [6.07, 6.45) is 10.1. The Morgan fingerprint density at radius 2 is 1.93 bits per heavy atom. The van der Waals surface area contributed by atoms with E-state index < -0.39 is 4.92 Å². The number of rotatable bonds is 16. The summed E-state index contributed by atoms with van der Waals surface area (Å²) in [5, 5.41) is 33.2. The SMILES string of the molecule is N#CNC(=NCCCOc1cccc(N2CCCCC2)c1)NCCC(=O)CCCCCc1ccc([N+](=O)[O-])c2nonc12. The number of nitriles is 1. The molecule has 0 atom stereocenters. The Kier molecular flexibility index (Phi) is 12.1. The molecule has 2 N–H and O–H groups in total. The van der Waals surface area contributed by atoms with Crippen LogP contribution in [-0.4, -0.2) is 59.8 Å². The van der Waals surface area contributed by atoms with E-state index in [4.69, 9.17) is 14.6 Å². The maximum absolute atomic E-state index is 12.3. The number of ether oxygens (including phenoxy) is 1. The number of nitro benzene ring substituents is 1. The molecule has 1 aliphatic heterocycles. The maximum atomic E-state index is 12.3. The van der Waals surface area contributed by atoms with Crippen LogP contribution >= 0.6 is 0 Å². The number of benzene rings is 2. The highest BCUT2D eigenvalue weighted by molar-refractivity contribution is 5.86. The number of aromatic nitrogens is 2. The van der Waals surface area contributed by atoms with E-state index in [-0.39, 0.29) is 17.0 Å². The Morgan fingerprint density at radius 1 is 1.09 bits per heavy atom. The van der Waals surface area contributed by atoms with Crippen LogP contribution in [0.1, 0.15) is 63.4 Å². The highest BCUT2D eigenvalue weighted by atomic mass is 16.6. The predicted molar refractivity (Wildman–Crippen MR) is 162 cm³/mol. The molecule has 2 heterocycles. The third kappa shape index (κ3) is 9.66. The van der Waals surface area contributed by atoms with E-state index in [2.05, 4.69) is 43.0 Å². The van der Waals surface area contributed by atoms with Gasteiger partial charge in [-0.05, 0) is 72.6 Å². The van der Waals surface area contributed by atoms with Crippen LogP contribution in [0.25, 0.3) is 11.0 Å². The van der Waals surface area contributed by atoms with Gasteiger partial charge in [-0.25, -0.2) is 4.63 Å². The number of aryl methyl sites for hydroxylation is 1. The fourth-order valence-corrected chi connectivity index (χ4v) is 5.07. The summed E-state index contributed by atoms with van der Waals surface area (Å²) in [6.45, 7) is 3.54. The van der Waals surface area contributed by atoms with Gasteiger partial charge in [0.05, 0.1) is 11.5 Å². The number of fused-ring (bicyclic) bond motifs is 1. The molecule has 228 valence electrons. The molecule has 0 radical (unpaired) electrons. The lowest BCUT2D eigenvalue weighted by molar-refractivity contribution is -0.383. The van der Waals surface area contributed by atoms with Crippen molar-refractivity contribution in [1.82, 2.24) is 20.9 Å². The van der Waals surface area contributed by atoms with Gasteiger partial charge in [0.15, 0.2) is 6.19 Å². The Balaban J connectivity index is 1.09. The molecule has 1 aliphatic rings. The number of hydrogen-bond acceptors (Lipinski definition) is 10. The molecule has 0 amide bonds. The van der Waals surface area contributed by atoms with Crippen LogP contribution < -0.4 is 20.3 Å². The average molecular weight is 591 g/mol. The topological polar surface area (TPSA) is 172 Å². The zero-order chi connectivity index (χ0) is 30.3. The number of ketones is 1. The molecule has 13 heteroatoms. The number of nitro groups is 1. The van der Waals surface area contributed by atoms with Crippen molar-refractivity contribution in [3.63, 3.8) is 0 Å². The quantitative estimate of drug-likeness (QED) is 0.0452. The summed E-state index contributed by atoms with van der Waals surface area (Å²) in [6, 6.07) is 11.3. The van der Waals surface area contributed by atoms with E-state index in [1.165, 1.54) is 31.0 Å². The molecular weight excluding hydrogens is 552 g/mol. The number of unbranched alkanes of at least 4 members (excludes halogenated alkanes) is 2. The van der Waals surface area contributed by atoms with Crippen LogP contribution in [0.2, 0.25) is 0 Å². The van der Waals surface area contributed by atoms with Crippen molar-refractivity contribution < 1.29 is 19.1 Å². The van der Waals surface area contributed by atoms with Gasteiger partial charge in [-0.3, -0.25) is 25.2 Å². The summed E-state index contributed by atoms with van der Waals surface area (Å²) >= 11 is 0. The molecule has 3 aromatic rings. The number of anilines is 1. The Bertz CT molecular complexity index is 1430. The summed E-state index contributed by atoms with van der Waals surface area (Å²) in [5.41, 5.74) is 2.47. The lowest BCUT2D eigenvalue weighted by atomic mass is 10.0. The number of guanidine groups is 1. The van der Waals surface area contributed by atoms with Crippen molar-refractivity contribution in [1.29, 1.82) is 5.26 Å². The van der Waals surface area contributed by atoms with Crippen LogP contribution in [-0.2, 0) is 11.2 Å². The molecule has 0 unspecified atom stereocenters. The summed E-state index contributed by atoms with van der Waals surface area (Å²) < 4.78 is 10.6. The van der Waals surface area contributed by atoms with Gasteiger partial charge in [0.1, 0.15) is 17.0 Å². The van der Waals surface area contributed by atoms with Crippen molar-refractivity contribution in [3.05, 3.63) is 52.1 Å². The minimum Gasteiger partial charge on any atom is -0.493 e. The minimum absolute atomic E-state index is 0.127. The van der Waals surface area contributed by atoms with E-state index in [0.717, 1.165) is 43.7 Å². The predicted octanol–water partition coefficient (Wildman–Crippen LogP) is 4.67. The number of aliphatic imine (C=N–C) groups is 1. The van der Waals surface area contributed by atoms with Crippen LogP contribution in [0.4, 0.5) is 11.4 Å².